The number of anilines is 3. The number of hydrogen-bond donors (Lipinski definition) is 2. The smallest absolute Gasteiger partial charge is 0.314 e. The lowest BCUT2D eigenvalue weighted by Gasteiger charge is -2.21. The van der Waals surface area contributed by atoms with Gasteiger partial charge in [-0.2, -0.15) is 0 Å². The zero-order valence-corrected chi connectivity index (χ0v) is 15.9. The molecule has 0 aliphatic heterocycles. The van der Waals surface area contributed by atoms with Gasteiger partial charge in [0.15, 0.2) is 0 Å². The van der Waals surface area contributed by atoms with Crippen LogP contribution in [-0.4, -0.2) is 24.9 Å². The van der Waals surface area contributed by atoms with E-state index in [0.29, 0.717) is 11.4 Å². The summed E-state index contributed by atoms with van der Waals surface area (Å²) in [6, 6.07) is 15.0. The third kappa shape index (κ3) is 4.85. The van der Waals surface area contributed by atoms with Crippen molar-refractivity contribution in [3.05, 3.63) is 54.1 Å². The van der Waals surface area contributed by atoms with Crippen molar-refractivity contribution in [2.75, 3.05) is 28.6 Å². The molecule has 2 aromatic carbocycles. The Bertz CT molecular complexity index is 750. The first kappa shape index (κ1) is 19.5. The topological polar surface area (TPSA) is 61.4 Å². The van der Waals surface area contributed by atoms with E-state index in [1.807, 2.05) is 44.2 Å². The first-order chi connectivity index (χ1) is 12.5. The van der Waals surface area contributed by atoms with Crippen LogP contribution in [0.1, 0.15) is 39.2 Å². The fourth-order valence-corrected chi connectivity index (χ4v) is 2.83. The van der Waals surface area contributed by atoms with E-state index < -0.39 is 11.8 Å². The molecule has 0 saturated carbocycles. The van der Waals surface area contributed by atoms with Gasteiger partial charge in [0.1, 0.15) is 0 Å². The molecule has 0 aromatic heterocycles. The predicted octanol–water partition coefficient (Wildman–Crippen LogP) is 4.23. The lowest BCUT2D eigenvalue weighted by atomic mass is 10.0. The van der Waals surface area contributed by atoms with Crippen LogP contribution in [0, 0.1) is 0 Å². The second kappa shape index (κ2) is 9.04. The van der Waals surface area contributed by atoms with Gasteiger partial charge in [0.05, 0.1) is 0 Å². The van der Waals surface area contributed by atoms with E-state index in [1.54, 1.807) is 18.2 Å². The van der Waals surface area contributed by atoms with Gasteiger partial charge >= 0.3 is 11.8 Å². The molecule has 0 spiro atoms. The second-order valence-electron chi connectivity index (χ2n) is 6.37. The molecular weight excluding hydrogens is 326 g/mol. The third-order valence-electron chi connectivity index (χ3n) is 4.29. The summed E-state index contributed by atoms with van der Waals surface area (Å²) in [4.78, 5) is 26.6. The molecule has 2 rings (SSSR count). The van der Waals surface area contributed by atoms with Gasteiger partial charge in [0.25, 0.3) is 0 Å². The monoisotopic (exact) mass is 353 g/mol. The molecule has 0 unspecified atom stereocenters. The van der Waals surface area contributed by atoms with Crippen molar-refractivity contribution in [1.82, 2.24) is 0 Å². The van der Waals surface area contributed by atoms with Crippen LogP contribution in [0.3, 0.4) is 0 Å². The van der Waals surface area contributed by atoms with Crippen molar-refractivity contribution >= 4 is 28.9 Å². The van der Waals surface area contributed by atoms with Crippen LogP contribution in [0.2, 0.25) is 0 Å². The highest BCUT2D eigenvalue weighted by Gasteiger charge is 2.16. The lowest BCUT2D eigenvalue weighted by Crippen LogP contribution is -2.29. The van der Waals surface area contributed by atoms with Crippen LogP contribution < -0.4 is 15.5 Å². The van der Waals surface area contributed by atoms with Gasteiger partial charge in [-0.25, -0.2) is 0 Å². The molecule has 0 atom stereocenters. The predicted molar refractivity (Wildman–Crippen MR) is 108 cm³/mol. The molecule has 0 aliphatic rings. The summed E-state index contributed by atoms with van der Waals surface area (Å²) in [5, 5.41) is 5.34. The molecule has 0 aliphatic carbocycles. The average molecular weight is 353 g/mol. The highest BCUT2D eigenvalue weighted by atomic mass is 16.2. The van der Waals surface area contributed by atoms with Gasteiger partial charge < -0.3 is 15.5 Å². The zero-order chi connectivity index (χ0) is 19.1. The Morgan fingerprint density at radius 2 is 1.46 bits per heavy atom. The molecule has 0 heterocycles. The molecule has 2 aromatic rings. The van der Waals surface area contributed by atoms with Crippen molar-refractivity contribution < 1.29 is 9.59 Å². The Labute approximate surface area is 155 Å². The van der Waals surface area contributed by atoms with Crippen LogP contribution in [0.4, 0.5) is 17.1 Å². The summed E-state index contributed by atoms with van der Waals surface area (Å²) in [5.74, 6) is -1.10. The number of nitrogens with one attached hydrogen (secondary N) is 2. The van der Waals surface area contributed by atoms with E-state index in [1.165, 1.54) is 0 Å². The Kier molecular flexibility index (Phi) is 6.78. The van der Waals surface area contributed by atoms with Crippen molar-refractivity contribution in [1.29, 1.82) is 0 Å². The minimum atomic E-state index is -0.681. The lowest BCUT2D eigenvalue weighted by molar-refractivity contribution is -0.133. The van der Waals surface area contributed by atoms with E-state index in [4.69, 9.17) is 0 Å². The fraction of sp³-hybridized carbons (Fsp3) is 0.333. The number of hydrogen-bond acceptors (Lipinski definition) is 3. The molecule has 0 radical (unpaired) electrons. The molecule has 2 N–H and O–H groups in total. The summed E-state index contributed by atoms with van der Waals surface area (Å²) in [7, 11) is 0. The summed E-state index contributed by atoms with van der Waals surface area (Å²) in [5.41, 5.74) is 3.35. The molecule has 0 bridgehead atoms. The van der Waals surface area contributed by atoms with Gasteiger partial charge in [-0.3, -0.25) is 9.59 Å². The van der Waals surface area contributed by atoms with E-state index in [9.17, 15) is 9.59 Å². The number of amides is 2. The minimum Gasteiger partial charge on any atom is -0.372 e. The number of para-hydroxylation sites is 1. The van der Waals surface area contributed by atoms with Gasteiger partial charge in [-0.1, -0.05) is 32.0 Å². The van der Waals surface area contributed by atoms with Crippen LogP contribution in [0.25, 0.3) is 0 Å². The first-order valence-electron chi connectivity index (χ1n) is 9.02. The first-order valence-corrected chi connectivity index (χ1v) is 9.02. The SMILES string of the molecule is CCN(CC)c1ccc(NC(=O)C(=O)Nc2ccccc2C(C)C)cc1. The molecule has 5 heteroatoms. The van der Waals surface area contributed by atoms with Crippen molar-refractivity contribution in [2.24, 2.45) is 0 Å². The highest BCUT2D eigenvalue weighted by molar-refractivity contribution is 6.43. The van der Waals surface area contributed by atoms with Crippen LogP contribution in [0.15, 0.2) is 48.5 Å². The Balaban J connectivity index is 2.02. The standard InChI is InChI=1S/C21H27N3O2/c1-5-24(6-2)17-13-11-16(12-14-17)22-20(25)21(26)23-19-10-8-7-9-18(19)15(3)4/h7-15H,5-6H2,1-4H3,(H,22,25)(H,23,26). The summed E-state index contributed by atoms with van der Waals surface area (Å²) < 4.78 is 0. The molecule has 2 amide bonds. The number of nitrogens with zero attached hydrogens (tertiary/aromatic N) is 1. The van der Waals surface area contributed by atoms with Crippen molar-refractivity contribution in [3.63, 3.8) is 0 Å². The zero-order valence-electron chi connectivity index (χ0n) is 15.9. The largest absolute Gasteiger partial charge is 0.372 e. The van der Waals surface area contributed by atoms with Gasteiger partial charge in [-0.05, 0) is 55.7 Å². The van der Waals surface area contributed by atoms with Gasteiger partial charge in [-0.15, -0.1) is 0 Å². The quantitative estimate of drug-likeness (QED) is 0.764. The summed E-state index contributed by atoms with van der Waals surface area (Å²) in [6.45, 7) is 10.1. The second-order valence-corrected chi connectivity index (χ2v) is 6.37. The Morgan fingerprint density at radius 3 is 2.04 bits per heavy atom. The highest BCUT2D eigenvalue weighted by Crippen LogP contribution is 2.23. The molecule has 26 heavy (non-hydrogen) atoms. The van der Waals surface area contributed by atoms with E-state index in [2.05, 4.69) is 29.4 Å². The van der Waals surface area contributed by atoms with Gasteiger partial charge in [0, 0.05) is 30.2 Å². The van der Waals surface area contributed by atoms with Crippen LogP contribution >= 0.6 is 0 Å². The number of carbonyl (C=O) groups is 2. The van der Waals surface area contributed by atoms with Gasteiger partial charge in [0.2, 0.25) is 0 Å². The third-order valence-corrected chi connectivity index (χ3v) is 4.29. The maximum atomic E-state index is 12.2. The molecule has 0 saturated heterocycles. The molecule has 138 valence electrons. The van der Waals surface area contributed by atoms with E-state index in [-0.39, 0.29) is 5.92 Å². The number of rotatable bonds is 6. The maximum absolute atomic E-state index is 12.2. The summed E-state index contributed by atoms with van der Waals surface area (Å²) >= 11 is 0. The molecule has 0 fully saturated rings. The summed E-state index contributed by atoms with van der Waals surface area (Å²) in [6.07, 6.45) is 0. The minimum absolute atomic E-state index is 0.252. The number of carbonyl (C=O) groups excluding carboxylic acids is 2. The normalized spacial score (nSPS) is 10.5. The maximum Gasteiger partial charge on any atom is 0.314 e. The fourth-order valence-electron chi connectivity index (χ4n) is 2.83. The average Bonchev–Trinajstić information content (AvgIpc) is 2.64. The number of benzene rings is 2. The molecular formula is C21H27N3O2. The van der Waals surface area contributed by atoms with E-state index >= 15 is 0 Å². The van der Waals surface area contributed by atoms with E-state index in [0.717, 1.165) is 24.3 Å². The Morgan fingerprint density at radius 1 is 0.885 bits per heavy atom. The van der Waals surface area contributed by atoms with Crippen molar-refractivity contribution in [3.8, 4) is 0 Å². The Hall–Kier alpha value is -2.82. The molecule has 5 nitrogen and oxygen atoms in total. The van der Waals surface area contributed by atoms with Crippen molar-refractivity contribution in [2.45, 2.75) is 33.6 Å². The van der Waals surface area contributed by atoms with Crippen LogP contribution in [0.5, 0.6) is 0 Å². The van der Waals surface area contributed by atoms with Crippen LogP contribution in [-0.2, 0) is 9.59 Å².